The molecular formula is C26H25ClN6O4. The van der Waals surface area contributed by atoms with Crippen LogP contribution < -0.4 is 4.74 Å². The zero-order valence-electron chi connectivity index (χ0n) is 20.3. The molecule has 1 aromatic carbocycles. The number of benzene rings is 1. The molecule has 37 heavy (non-hydrogen) atoms. The van der Waals surface area contributed by atoms with E-state index < -0.39 is 5.97 Å². The Balaban J connectivity index is 1.30. The number of aromatic amines is 1. The SMILES string of the molecule is CN(C)C(=O)C1CCC(Oc2nc3nc(-c4ccc(-c5ncc(C(=O)O)cn5)cc4)c(Cl)cc3[nH]2)CC1. The molecule has 0 bridgehead atoms. The van der Waals surface area contributed by atoms with Crippen LogP contribution in [0.3, 0.4) is 0 Å². The van der Waals surface area contributed by atoms with E-state index in [-0.39, 0.29) is 23.5 Å². The van der Waals surface area contributed by atoms with E-state index in [1.165, 1.54) is 12.4 Å². The van der Waals surface area contributed by atoms with Crippen molar-refractivity contribution < 1.29 is 19.4 Å². The second-order valence-corrected chi connectivity index (χ2v) is 9.64. The van der Waals surface area contributed by atoms with Gasteiger partial charge in [-0.3, -0.25) is 4.79 Å². The van der Waals surface area contributed by atoms with Crippen LogP contribution in [0.5, 0.6) is 6.01 Å². The number of carbonyl (C=O) groups is 2. The molecule has 4 aromatic rings. The number of rotatable bonds is 6. The number of imidazole rings is 1. The van der Waals surface area contributed by atoms with Crippen LogP contribution >= 0.6 is 11.6 Å². The van der Waals surface area contributed by atoms with Gasteiger partial charge in [0.25, 0.3) is 6.01 Å². The fourth-order valence-corrected chi connectivity index (χ4v) is 4.73. The Labute approximate surface area is 217 Å². The number of halogens is 1. The number of aromatic nitrogens is 5. The summed E-state index contributed by atoms with van der Waals surface area (Å²) in [6, 6.07) is 9.50. The first-order chi connectivity index (χ1) is 17.8. The van der Waals surface area contributed by atoms with E-state index in [1.807, 2.05) is 24.3 Å². The van der Waals surface area contributed by atoms with Crippen molar-refractivity contribution in [3.05, 3.63) is 53.3 Å². The summed E-state index contributed by atoms with van der Waals surface area (Å²) >= 11 is 6.55. The minimum Gasteiger partial charge on any atom is -0.478 e. The molecule has 11 heteroatoms. The lowest BCUT2D eigenvalue weighted by Gasteiger charge is -2.28. The Morgan fingerprint density at radius 2 is 1.68 bits per heavy atom. The molecule has 10 nitrogen and oxygen atoms in total. The van der Waals surface area contributed by atoms with Crippen LogP contribution in [0.15, 0.2) is 42.7 Å². The van der Waals surface area contributed by atoms with Gasteiger partial charge in [0.1, 0.15) is 6.10 Å². The van der Waals surface area contributed by atoms with Gasteiger partial charge in [0.15, 0.2) is 11.5 Å². The first-order valence-electron chi connectivity index (χ1n) is 11.9. The highest BCUT2D eigenvalue weighted by molar-refractivity contribution is 6.33. The molecule has 0 unspecified atom stereocenters. The Kier molecular flexibility index (Phi) is 6.75. The number of carbonyl (C=O) groups excluding carboxylic acids is 1. The van der Waals surface area contributed by atoms with Gasteiger partial charge in [0.05, 0.1) is 21.8 Å². The number of nitrogens with one attached hydrogen (secondary N) is 1. The maximum atomic E-state index is 12.2. The van der Waals surface area contributed by atoms with Gasteiger partial charge in [0, 0.05) is 43.5 Å². The predicted molar refractivity (Wildman–Crippen MR) is 137 cm³/mol. The van der Waals surface area contributed by atoms with Crippen molar-refractivity contribution in [1.82, 2.24) is 29.8 Å². The number of hydrogen-bond acceptors (Lipinski definition) is 7. The standard InChI is InChI=1S/C26H25ClN6O4/c1-33(2)24(34)16-7-9-18(10-8-16)37-26-30-20-11-19(27)21(31-23(20)32-26)14-3-5-15(6-4-14)22-28-12-17(13-29-22)25(35)36/h3-6,11-13,16,18H,7-10H2,1-2H3,(H,35,36)(H,30,31,32). The summed E-state index contributed by atoms with van der Waals surface area (Å²) in [5, 5.41) is 9.47. The van der Waals surface area contributed by atoms with Gasteiger partial charge in [-0.05, 0) is 31.7 Å². The van der Waals surface area contributed by atoms with Crippen LogP contribution in [0.4, 0.5) is 0 Å². The van der Waals surface area contributed by atoms with Crippen molar-refractivity contribution in [2.24, 2.45) is 5.92 Å². The summed E-state index contributed by atoms with van der Waals surface area (Å²) in [5.74, 6) is -0.435. The van der Waals surface area contributed by atoms with E-state index >= 15 is 0 Å². The molecule has 0 aliphatic heterocycles. The number of ether oxygens (including phenoxy) is 1. The van der Waals surface area contributed by atoms with Gasteiger partial charge in [-0.2, -0.15) is 4.98 Å². The molecular weight excluding hydrogens is 496 g/mol. The number of carboxylic acid groups (broad SMARTS) is 1. The molecule has 3 heterocycles. The van der Waals surface area contributed by atoms with E-state index in [0.717, 1.165) is 36.8 Å². The molecule has 1 aliphatic rings. The molecule has 1 amide bonds. The van der Waals surface area contributed by atoms with Crippen LogP contribution in [0, 0.1) is 5.92 Å². The highest BCUT2D eigenvalue weighted by Gasteiger charge is 2.28. The summed E-state index contributed by atoms with van der Waals surface area (Å²) in [4.78, 5) is 45.4. The Hall–Kier alpha value is -4.05. The van der Waals surface area contributed by atoms with E-state index in [4.69, 9.17) is 21.4 Å². The van der Waals surface area contributed by atoms with Crippen molar-refractivity contribution in [2.45, 2.75) is 31.8 Å². The highest BCUT2D eigenvalue weighted by Crippen LogP contribution is 2.32. The summed E-state index contributed by atoms with van der Waals surface area (Å²) in [6.07, 6.45) is 5.70. The normalized spacial score (nSPS) is 17.5. The molecule has 1 aliphatic carbocycles. The minimum atomic E-state index is -1.08. The smallest absolute Gasteiger partial charge is 0.338 e. The highest BCUT2D eigenvalue weighted by atomic mass is 35.5. The van der Waals surface area contributed by atoms with Gasteiger partial charge >= 0.3 is 5.97 Å². The van der Waals surface area contributed by atoms with Gasteiger partial charge in [-0.15, -0.1) is 0 Å². The van der Waals surface area contributed by atoms with Crippen LogP contribution in [-0.2, 0) is 4.79 Å². The molecule has 0 radical (unpaired) electrons. The Bertz CT molecular complexity index is 1440. The maximum Gasteiger partial charge on any atom is 0.338 e. The monoisotopic (exact) mass is 520 g/mol. The van der Waals surface area contributed by atoms with E-state index in [9.17, 15) is 9.59 Å². The minimum absolute atomic E-state index is 0.0129. The zero-order chi connectivity index (χ0) is 26.1. The molecule has 1 fully saturated rings. The number of aromatic carboxylic acids is 1. The predicted octanol–water partition coefficient (Wildman–Crippen LogP) is 4.46. The third-order valence-corrected chi connectivity index (χ3v) is 6.75. The summed E-state index contributed by atoms with van der Waals surface area (Å²) in [6.45, 7) is 0. The van der Waals surface area contributed by atoms with Crippen molar-refractivity contribution >= 4 is 34.6 Å². The number of pyridine rings is 1. The van der Waals surface area contributed by atoms with Crippen LogP contribution in [0.1, 0.15) is 36.0 Å². The number of carboxylic acids is 1. The Morgan fingerprint density at radius 3 is 2.30 bits per heavy atom. The average molecular weight is 521 g/mol. The third-order valence-electron chi connectivity index (χ3n) is 6.46. The van der Waals surface area contributed by atoms with Crippen LogP contribution in [0.2, 0.25) is 5.02 Å². The largest absolute Gasteiger partial charge is 0.478 e. The van der Waals surface area contributed by atoms with E-state index in [0.29, 0.717) is 33.7 Å². The Morgan fingerprint density at radius 1 is 1.03 bits per heavy atom. The van der Waals surface area contributed by atoms with Crippen LogP contribution in [-0.4, -0.2) is 67.0 Å². The third kappa shape index (κ3) is 5.24. The second kappa shape index (κ2) is 10.1. The summed E-state index contributed by atoms with van der Waals surface area (Å²) < 4.78 is 6.08. The fraction of sp³-hybridized carbons (Fsp3) is 0.308. The lowest BCUT2D eigenvalue weighted by atomic mass is 9.86. The molecule has 0 atom stereocenters. The topological polar surface area (TPSA) is 134 Å². The van der Waals surface area contributed by atoms with Crippen LogP contribution in [0.25, 0.3) is 33.8 Å². The average Bonchev–Trinajstić information content (AvgIpc) is 3.29. The maximum absolute atomic E-state index is 12.2. The van der Waals surface area contributed by atoms with Crippen molar-refractivity contribution in [3.8, 4) is 28.7 Å². The summed E-state index contributed by atoms with van der Waals surface area (Å²) in [5.41, 5.74) is 3.27. The first kappa shape index (κ1) is 24.6. The number of hydrogen-bond donors (Lipinski definition) is 2. The van der Waals surface area contributed by atoms with Gasteiger partial charge in [-0.25, -0.2) is 19.7 Å². The number of H-pyrrole nitrogens is 1. The molecule has 0 saturated heterocycles. The van der Waals surface area contributed by atoms with Crippen molar-refractivity contribution in [2.75, 3.05) is 14.1 Å². The van der Waals surface area contributed by atoms with Gasteiger partial charge in [0.2, 0.25) is 5.91 Å². The lowest BCUT2D eigenvalue weighted by molar-refractivity contribution is -0.134. The quantitative estimate of drug-likeness (QED) is 0.380. The van der Waals surface area contributed by atoms with Gasteiger partial charge < -0.3 is 19.7 Å². The second-order valence-electron chi connectivity index (χ2n) is 9.23. The van der Waals surface area contributed by atoms with E-state index in [1.54, 1.807) is 25.1 Å². The molecule has 1 saturated carbocycles. The van der Waals surface area contributed by atoms with Crippen molar-refractivity contribution in [1.29, 1.82) is 0 Å². The molecule has 0 spiro atoms. The molecule has 190 valence electrons. The number of fused-ring (bicyclic) bond motifs is 1. The zero-order valence-corrected chi connectivity index (χ0v) is 21.1. The first-order valence-corrected chi connectivity index (χ1v) is 12.3. The molecule has 2 N–H and O–H groups in total. The van der Waals surface area contributed by atoms with E-state index in [2.05, 4.69) is 24.9 Å². The molecule has 5 rings (SSSR count). The lowest BCUT2D eigenvalue weighted by Crippen LogP contribution is -2.34. The number of nitrogens with zero attached hydrogens (tertiary/aromatic N) is 5. The number of amides is 1. The summed E-state index contributed by atoms with van der Waals surface area (Å²) in [7, 11) is 3.58. The fourth-order valence-electron chi connectivity index (χ4n) is 4.47. The van der Waals surface area contributed by atoms with Crippen molar-refractivity contribution in [3.63, 3.8) is 0 Å². The molecule has 3 aromatic heterocycles. The van der Waals surface area contributed by atoms with Gasteiger partial charge in [-0.1, -0.05) is 35.9 Å².